The van der Waals surface area contributed by atoms with E-state index in [1.807, 2.05) is 12.1 Å². The first-order valence-electron chi connectivity index (χ1n) is 7.73. The molecular formula is C17H25ClO2. The Labute approximate surface area is 127 Å². The van der Waals surface area contributed by atoms with Gasteiger partial charge in [0.1, 0.15) is 0 Å². The zero-order valence-electron chi connectivity index (χ0n) is 12.1. The molecule has 0 heterocycles. The maximum atomic E-state index is 9.10. The highest BCUT2D eigenvalue weighted by molar-refractivity contribution is 6.30. The van der Waals surface area contributed by atoms with Gasteiger partial charge in [0.25, 0.3) is 0 Å². The third kappa shape index (κ3) is 4.76. The molecular weight excluding hydrogens is 272 g/mol. The molecule has 3 heteroatoms. The fourth-order valence-electron chi connectivity index (χ4n) is 3.16. The van der Waals surface area contributed by atoms with E-state index >= 15 is 0 Å². The second kappa shape index (κ2) is 8.02. The van der Waals surface area contributed by atoms with Crippen molar-refractivity contribution in [3.05, 3.63) is 34.9 Å². The largest absolute Gasteiger partial charge is 0.394 e. The standard InChI is InChI=1S/C17H25ClO2/c18-16-8-6-15(7-9-16)14-17(20-13-12-19)10-4-2-1-3-5-11-17/h6-9,19H,1-5,10-14H2. The molecule has 0 amide bonds. The lowest BCUT2D eigenvalue weighted by molar-refractivity contribution is -0.0735. The van der Waals surface area contributed by atoms with Gasteiger partial charge >= 0.3 is 0 Å². The summed E-state index contributed by atoms with van der Waals surface area (Å²) in [7, 11) is 0. The number of hydrogen-bond donors (Lipinski definition) is 1. The molecule has 20 heavy (non-hydrogen) atoms. The zero-order valence-corrected chi connectivity index (χ0v) is 12.9. The molecule has 2 nitrogen and oxygen atoms in total. The first kappa shape index (κ1) is 15.8. The van der Waals surface area contributed by atoms with Crippen molar-refractivity contribution < 1.29 is 9.84 Å². The van der Waals surface area contributed by atoms with E-state index in [4.69, 9.17) is 21.4 Å². The zero-order chi connectivity index (χ0) is 14.3. The number of aliphatic hydroxyl groups is 1. The van der Waals surface area contributed by atoms with Crippen molar-refractivity contribution in [1.82, 2.24) is 0 Å². The minimum Gasteiger partial charge on any atom is -0.394 e. The smallest absolute Gasteiger partial charge is 0.0723 e. The molecule has 1 aliphatic rings. The van der Waals surface area contributed by atoms with Gasteiger partial charge < -0.3 is 9.84 Å². The van der Waals surface area contributed by atoms with Crippen molar-refractivity contribution in [2.45, 2.75) is 57.0 Å². The topological polar surface area (TPSA) is 29.5 Å². The van der Waals surface area contributed by atoms with Gasteiger partial charge in [-0.2, -0.15) is 0 Å². The predicted molar refractivity (Wildman–Crippen MR) is 83.2 cm³/mol. The quantitative estimate of drug-likeness (QED) is 0.874. The van der Waals surface area contributed by atoms with E-state index in [2.05, 4.69) is 12.1 Å². The Bertz CT molecular complexity index is 375. The number of halogens is 1. The van der Waals surface area contributed by atoms with Crippen LogP contribution in [0.3, 0.4) is 0 Å². The van der Waals surface area contributed by atoms with Crippen molar-refractivity contribution >= 4 is 11.6 Å². The normalized spacial score (nSPS) is 19.3. The van der Waals surface area contributed by atoms with Crippen LogP contribution in [0.4, 0.5) is 0 Å². The minimum atomic E-state index is -0.100. The summed E-state index contributed by atoms with van der Waals surface area (Å²) < 4.78 is 6.11. The van der Waals surface area contributed by atoms with Gasteiger partial charge in [-0.3, -0.25) is 0 Å². The molecule has 0 atom stereocenters. The highest BCUT2D eigenvalue weighted by atomic mass is 35.5. The molecule has 0 bridgehead atoms. The first-order valence-corrected chi connectivity index (χ1v) is 8.11. The highest BCUT2D eigenvalue weighted by Gasteiger charge is 2.31. The summed E-state index contributed by atoms with van der Waals surface area (Å²) in [5.41, 5.74) is 1.17. The van der Waals surface area contributed by atoms with E-state index in [0.717, 1.165) is 24.3 Å². The monoisotopic (exact) mass is 296 g/mol. The van der Waals surface area contributed by atoms with E-state index in [-0.39, 0.29) is 12.2 Å². The van der Waals surface area contributed by atoms with Crippen LogP contribution in [0.5, 0.6) is 0 Å². The van der Waals surface area contributed by atoms with Crippen molar-refractivity contribution in [3.63, 3.8) is 0 Å². The lowest BCUT2D eigenvalue weighted by atomic mass is 9.82. The second-order valence-corrected chi connectivity index (χ2v) is 6.26. The Morgan fingerprint density at radius 3 is 2.20 bits per heavy atom. The van der Waals surface area contributed by atoms with Gasteiger partial charge in [0.2, 0.25) is 0 Å². The summed E-state index contributed by atoms with van der Waals surface area (Å²) >= 11 is 5.96. The van der Waals surface area contributed by atoms with Crippen LogP contribution in [0, 0.1) is 0 Å². The van der Waals surface area contributed by atoms with Crippen molar-refractivity contribution in [3.8, 4) is 0 Å². The van der Waals surface area contributed by atoms with Crippen LogP contribution in [-0.4, -0.2) is 23.9 Å². The first-order chi connectivity index (χ1) is 9.74. The molecule has 1 aromatic rings. The van der Waals surface area contributed by atoms with Gasteiger partial charge in [-0.05, 0) is 30.5 Å². The number of hydrogen-bond acceptors (Lipinski definition) is 2. The average molecular weight is 297 g/mol. The van der Waals surface area contributed by atoms with Gasteiger partial charge in [0, 0.05) is 11.4 Å². The summed E-state index contributed by atoms with van der Waals surface area (Å²) in [5, 5.41) is 9.87. The Balaban J connectivity index is 2.09. The molecule has 0 spiro atoms. The van der Waals surface area contributed by atoms with Crippen LogP contribution in [0.1, 0.15) is 50.5 Å². The van der Waals surface area contributed by atoms with Crippen molar-refractivity contribution in [1.29, 1.82) is 0 Å². The predicted octanol–water partition coefficient (Wildman–Crippen LogP) is 4.37. The van der Waals surface area contributed by atoms with Gasteiger partial charge in [-0.25, -0.2) is 0 Å². The van der Waals surface area contributed by atoms with E-state index in [1.54, 1.807) is 0 Å². The van der Waals surface area contributed by atoms with Crippen LogP contribution in [-0.2, 0) is 11.2 Å². The van der Waals surface area contributed by atoms with Gasteiger partial charge in [-0.15, -0.1) is 0 Å². The molecule has 1 N–H and O–H groups in total. The third-order valence-electron chi connectivity index (χ3n) is 4.20. The maximum absolute atomic E-state index is 9.10. The lowest BCUT2D eigenvalue weighted by Crippen LogP contribution is -2.37. The van der Waals surface area contributed by atoms with E-state index in [1.165, 1.54) is 37.7 Å². The molecule has 1 saturated carbocycles. The van der Waals surface area contributed by atoms with E-state index < -0.39 is 0 Å². The van der Waals surface area contributed by atoms with Crippen LogP contribution in [0.2, 0.25) is 5.02 Å². The van der Waals surface area contributed by atoms with Crippen LogP contribution < -0.4 is 0 Å². The third-order valence-corrected chi connectivity index (χ3v) is 4.46. The molecule has 0 unspecified atom stereocenters. The fraction of sp³-hybridized carbons (Fsp3) is 0.647. The van der Waals surface area contributed by atoms with E-state index in [0.29, 0.717) is 6.61 Å². The van der Waals surface area contributed by atoms with Crippen LogP contribution in [0.15, 0.2) is 24.3 Å². The minimum absolute atomic E-state index is 0.0996. The molecule has 1 aliphatic carbocycles. The van der Waals surface area contributed by atoms with E-state index in [9.17, 15) is 0 Å². The Hall–Kier alpha value is -0.570. The van der Waals surface area contributed by atoms with Crippen LogP contribution >= 0.6 is 11.6 Å². The molecule has 2 rings (SSSR count). The summed E-state index contributed by atoms with van der Waals surface area (Å²) in [6, 6.07) is 8.06. The number of rotatable bonds is 5. The van der Waals surface area contributed by atoms with Gasteiger partial charge in [0.15, 0.2) is 0 Å². The maximum Gasteiger partial charge on any atom is 0.0723 e. The molecule has 112 valence electrons. The highest BCUT2D eigenvalue weighted by Crippen LogP contribution is 2.33. The molecule has 0 aromatic heterocycles. The lowest BCUT2D eigenvalue weighted by Gasteiger charge is -2.36. The Morgan fingerprint density at radius 2 is 1.60 bits per heavy atom. The Morgan fingerprint density at radius 1 is 1.00 bits per heavy atom. The summed E-state index contributed by atoms with van der Waals surface area (Å²) in [6.07, 6.45) is 9.49. The molecule has 1 fully saturated rings. The number of benzene rings is 1. The van der Waals surface area contributed by atoms with Crippen molar-refractivity contribution in [2.75, 3.05) is 13.2 Å². The summed E-state index contributed by atoms with van der Waals surface area (Å²) in [6.45, 7) is 0.538. The van der Waals surface area contributed by atoms with Crippen molar-refractivity contribution in [2.24, 2.45) is 0 Å². The van der Waals surface area contributed by atoms with Crippen LogP contribution in [0.25, 0.3) is 0 Å². The average Bonchev–Trinajstić information content (AvgIpc) is 2.43. The fourth-order valence-corrected chi connectivity index (χ4v) is 3.28. The molecule has 0 aliphatic heterocycles. The second-order valence-electron chi connectivity index (χ2n) is 5.83. The molecule has 0 saturated heterocycles. The Kier molecular flexibility index (Phi) is 6.34. The van der Waals surface area contributed by atoms with Gasteiger partial charge in [0.05, 0.1) is 18.8 Å². The van der Waals surface area contributed by atoms with Gasteiger partial charge in [-0.1, -0.05) is 55.8 Å². The molecule has 1 aromatic carbocycles. The number of aliphatic hydroxyl groups excluding tert-OH is 1. The summed E-state index contributed by atoms with van der Waals surface area (Å²) in [5.74, 6) is 0. The SMILES string of the molecule is OCCOC1(Cc2ccc(Cl)cc2)CCCCCCC1. The summed E-state index contributed by atoms with van der Waals surface area (Å²) in [4.78, 5) is 0. The molecule has 0 radical (unpaired) electrons. The number of ether oxygens (including phenoxy) is 1.